The van der Waals surface area contributed by atoms with Crippen LogP contribution in [-0.2, 0) is 6.54 Å². The minimum Gasteiger partial charge on any atom is -0.359 e. The summed E-state index contributed by atoms with van der Waals surface area (Å²) in [5.74, 6) is 0.892. The first-order valence-electron chi connectivity index (χ1n) is 6.01. The van der Waals surface area contributed by atoms with Crippen molar-refractivity contribution in [3.63, 3.8) is 0 Å². The van der Waals surface area contributed by atoms with Crippen LogP contribution in [0.15, 0.2) is 28.9 Å². The zero-order valence-corrected chi connectivity index (χ0v) is 10.6. The molecule has 0 radical (unpaired) electrons. The molecule has 92 valence electrons. The van der Waals surface area contributed by atoms with E-state index in [9.17, 15) is 0 Å². The van der Waals surface area contributed by atoms with Crippen LogP contribution in [0.1, 0.15) is 37.0 Å². The average molecular weight is 233 g/mol. The van der Waals surface area contributed by atoms with Gasteiger partial charge in [0.1, 0.15) is 0 Å². The van der Waals surface area contributed by atoms with Crippen LogP contribution in [0.2, 0.25) is 0 Å². The molecule has 4 heteroatoms. The van der Waals surface area contributed by atoms with Crippen molar-refractivity contribution in [1.29, 1.82) is 0 Å². The molecule has 0 aliphatic heterocycles. The molecule has 4 nitrogen and oxygen atoms in total. The lowest BCUT2D eigenvalue weighted by Crippen LogP contribution is -2.20. The van der Waals surface area contributed by atoms with Gasteiger partial charge in [-0.15, -0.1) is 0 Å². The smallest absolute Gasteiger partial charge is 0.156 e. The van der Waals surface area contributed by atoms with E-state index in [1.54, 1.807) is 0 Å². The van der Waals surface area contributed by atoms with Crippen molar-refractivity contribution in [2.75, 3.05) is 6.54 Å². The molecule has 2 aromatic heterocycles. The van der Waals surface area contributed by atoms with E-state index in [1.165, 1.54) is 5.69 Å². The third kappa shape index (κ3) is 2.77. The molecule has 0 saturated carbocycles. The minimum atomic E-state index is 0.346. The van der Waals surface area contributed by atoms with Gasteiger partial charge in [-0.3, -0.25) is 0 Å². The summed E-state index contributed by atoms with van der Waals surface area (Å²) in [4.78, 5) is 0. The fourth-order valence-corrected chi connectivity index (χ4v) is 2.03. The van der Waals surface area contributed by atoms with Crippen molar-refractivity contribution >= 4 is 0 Å². The molecule has 0 amide bonds. The number of hydrogen-bond acceptors (Lipinski definition) is 3. The molecular weight excluding hydrogens is 214 g/mol. The molecule has 2 heterocycles. The van der Waals surface area contributed by atoms with Crippen LogP contribution in [0.3, 0.4) is 0 Å². The number of hydrogen-bond donors (Lipinski definition) is 1. The monoisotopic (exact) mass is 233 g/mol. The summed E-state index contributed by atoms with van der Waals surface area (Å²) >= 11 is 0. The maximum atomic E-state index is 5.24. The zero-order valence-electron chi connectivity index (χ0n) is 10.6. The highest BCUT2D eigenvalue weighted by Crippen LogP contribution is 2.15. The van der Waals surface area contributed by atoms with E-state index in [0.717, 1.165) is 24.5 Å². The molecule has 0 aromatic carbocycles. The second-order valence-corrected chi connectivity index (χ2v) is 4.27. The number of aryl methyl sites for hydroxylation is 1. The Kier molecular flexibility index (Phi) is 3.64. The van der Waals surface area contributed by atoms with Crippen LogP contribution in [0.25, 0.3) is 0 Å². The molecule has 0 spiro atoms. The number of aromatic nitrogens is 2. The maximum absolute atomic E-state index is 5.24. The number of rotatable bonds is 5. The Morgan fingerprint density at radius 3 is 3.00 bits per heavy atom. The average Bonchev–Trinajstić information content (AvgIpc) is 2.89. The molecule has 2 aromatic rings. The Hall–Kier alpha value is -1.55. The van der Waals surface area contributed by atoms with Gasteiger partial charge in [0.2, 0.25) is 0 Å². The van der Waals surface area contributed by atoms with Gasteiger partial charge < -0.3 is 14.4 Å². The van der Waals surface area contributed by atoms with Gasteiger partial charge >= 0.3 is 0 Å². The van der Waals surface area contributed by atoms with E-state index in [1.807, 2.05) is 13.0 Å². The van der Waals surface area contributed by atoms with Crippen LogP contribution in [-0.4, -0.2) is 16.3 Å². The van der Waals surface area contributed by atoms with E-state index < -0.39 is 0 Å². The first-order chi connectivity index (χ1) is 8.20. The predicted octanol–water partition coefficient (Wildman–Crippen LogP) is 2.50. The molecule has 0 fully saturated rings. The summed E-state index contributed by atoms with van der Waals surface area (Å²) in [6.07, 6.45) is 2.07. The lowest BCUT2D eigenvalue weighted by molar-refractivity contribution is 0.370. The second-order valence-electron chi connectivity index (χ2n) is 4.27. The molecule has 1 N–H and O–H groups in total. The SMILES string of the molecule is CCNC(C)c1cccn1Cc1cc(C)no1. The van der Waals surface area contributed by atoms with Crippen molar-refractivity contribution in [1.82, 2.24) is 15.0 Å². The molecule has 1 atom stereocenters. The van der Waals surface area contributed by atoms with Gasteiger partial charge in [0, 0.05) is 24.0 Å². The van der Waals surface area contributed by atoms with E-state index in [4.69, 9.17) is 4.52 Å². The normalized spacial score (nSPS) is 12.9. The Bertz CT molecular complexity index is 472. The van der Waals surface area contributed by atoms with Gasteiger partial charge in [0.25, 0.3) is 0 Å². The zero-order chi connectivity index (χ0) is 12.3. The molecule has 17 heavy (non-hydrogen) atoms. The van der Waals surface area contributed by atoms with Crippen molar-refractivity contribution in [2.45, 2.75) is 33.4 Å². The van der Waals surface area contributed by atoms with E-state index in [2.05, 4.69) is 47.2 Å². The third-order valence-electron chi connectivity index (χ3n) is 2.82. The lowest BCUT2D eigenvalue weighted by atomic mass is 10.2. The van der Waals surface area contributed by atoms with E-state index in [-0.39, 0.29) is 0 Å². The second kappa shape index (κ2) is 5.19. The fourth-order valence-electron chi connectivity index (χ4n) is 2.03. The summed E-state index contributed by atoms with van der Waals surface area (Å²) < 4.78 is 7.43. The molecule has 0 aliphatic carbocycles. The number of nitrogens with zero attached hydrogens (tertiary/aromatic N) is 2. The fraction of sp³-hybridized carbons (Fsp3) is 0.462. The largest absolute Gasteiger partial charge is 0.359 e. The molecule has 1 unspecified atom stereocenters. The Morgan fingerprint density at radius 1 is 1.53 bits per heavy atom. The molecular formula is C13H19N3O. The minimum absolute atomic E-state index is 0.346. The standard InChI is InChI=1S/C13H19N3O/c1-4-14-11(3)13-6-5-7-16(13)9-12-8-10(2)15-17-12/h5-8,11,14H,4,9H2,1-3H3. The number of nitrogens with one attached hydrogen (secondary N) is 1. The molecule has 0 aliphatic rings. The summed E-state index contributed by atoms with van der Waals surface area (Å²) in [5, 5.41) is 7.32. The predicted molar refractivity (Wildman–Crippen MR) is 66.9 cm³/mol. The molecule has 2 rings (SSSR count). The summed E-state index contributed by atoms with van der Waals surface area (Å²) in [5.41, 5.74) is 2.19. The first kappa shape index (κ1) is 11.9. The maximum Gasteiger partial charge on any atom is 0.156 e. The van der Waals surface area contributed by atoms with Gasteiger partial charge in [0.05, 0.1) is 12.2 Å². The first-order valence-corrected chi connectivity index (χ1v) is 6.01. The third-order valence-corrected chi connectivity index (χ3v) is 2.82. The highest BCUT2D eigenvalue weighted by Gasteiger charge is 2.10. The van der Waals surface area contributed by atoms with Gasteiger partial charge in [-0.05, 0) is 32.5 Å². The van der Waals surface area contributed by atoms with Gasteiger partial charge in [-0.2, -0.15) is 0 Å². The Morgan fingerprint density at radius 2 is 2.35 bits per heavy atom. The van der Waals surface area contributed by atoms with Crippen molar-refractivity contribution in [3.8, 4) is 0 Å². The van der Waals surface area contributed by atoms with Crippen LogP contribution < -0.4 is 5.32 Å². The summed E-state index contributed by atoms with van der Waals surface area (Å²) in [7, 11) is 0. The van der Waals surface area contributed by atoms with Crippen molar-refractivity contribution in [2.24, 2.45) is 0 Å². The lowest BCUT2D eigenvalue weighted by Gasteiger charge is -2.15. The van der Waals surface area contributed by atoms with E-state index >= 15 is 0 Å². The van der Waals surface area contributed by atoms with Gasteiger partial charge in [-0.25, -0.2) is 0 Å². The van der Waals surface area contributed by atoms with Gasteiger partial charge in [-0.1, -0.05) is 12.1 Å². The summed E-state index contributed by atoms with van der Waals surface area (Å²) in [6.45, 7) is 7.92. The van der Waals surface area contributed by atoms with Gasteiger partial charge in [0.15, 0.2) is 5.76 Å². The quantitative estimate of drug-likeness (QED) is 0.862. The van der Waals surface area contributed by atoms with Crippen LogP contribution in [0.4, 0.5) is 0 Å². The topological polar surface area (TPSA) is 43.0 Å². The highest BCUT2D eigenvalue weighted by atomic mass is 16.5. The molecule has 0 saturated heterocycles. The van der Waals surface area contributed by atoms with Crippen LogP contribution in [0, 0.1) is 6.92 Å². The van der Waals surface area contributed by atoms with E-state index in [0.29, 0.717) is 6.04 Å². The summed E-state index contributed by atoms with van der Waals surface area (Å²) in [6, 6.07) is 6.52. The Balaban J connectivity index is 2.13. The Labute approximate surface area is 102 Å². The van der Waals surface area contributed by atoms with Crippen molar-refractivity contribution in [3.05, 3.63) is 41.5 Å². The molecule has 0 bridgehead atoms. The van der Waals surface area contributed by atoms with Crippen molar-refractivity contribution < 1.29 is 4.52 Å². The van der Waals surface area contributed by atoms with Crippen LogP contribution in [0.5, 0.6) is 0 Å². The van der Waals surface area contributed by atoms with Crippen LogP contribution >= 0.6 is 0 Å². The highest BCUT2D eigenvalue weighted by molar-refractivity contribution is 5.14.